The van der Waals surface area contributed by atoms with E-state index >= 15 is 0 Å². The number of hydrogen-bond acceptors (Lipinski definition) is 8. The summed E-state index contributed by atoms with van der Waals surface area (Å²) in [6.07, 6.45) is 2.65. The first-order chi connectivity index (χ1) is 17.2. The number of ether oxygens (including phenoxy) is 1. The van der Waals surface area contributed by atoms with Crippen LogP contribution in [-0.4, -0.2) is 48.2 Å². The number of rotatable bonds is 9. The van der Waals surface area contributed by atoms with Gasteiger partial charge in [0.2, 0.25) is 15.9 Å². The molecule has 0 fully saturated rings. The van der Waals surface area contributed by atoms with Crippen molar-refractivity contribution >= 4 is 43.9 Å². The van der Waals surface area contributed by atoms with Crippen LogP contribution in [0.1, 0.15) is 17.3 Å². The Hall–Kier alpha value is -4.03. The van der Waals surface area contributed by atoms with Gasteiger partial charge in [-0.1, -0.05) is 47.7 Å². The molecule has 0 unspecified atom stereocenters. The monoisotopic (exact) mass is 525 g/mol. The first-order valence-electron chi connectivity index (χ1n) is 10.9. The fourth-order valence-electron chi connectivity index (χ4n) is 3.37. The Balaban J connectivity index is 1.50. The second kappa shape index (κ2) is 10.7. The maximum atomic E-state index is 12.8. The van der Waals surface area contributed by atoms with Crippen molar-refractivity contribution in [2.75, 3.05) is 22.9 Å². The predicted molar refractivity (Wildman–Crippen MR) is 138 cm³/mol. The highest BCUT2D eigenvalue weighted by atomic mass is 32.2. The summed E-state index contributed by atoms with van der Waals surface area (Å²) in [6.45, 7) is 1.79. The van der Waals surface area contributed by atoms with Crippen LogP contribution in [0.15, 0.2) is 66.9 Å². The molecule has 0 aliphatic heterocycles. The second-order valence-corrected chi connectivity index (χ2v) is 10.5. The molecule has 12 heteroatoms. The SMILES string of the molecule is CCOC(=O)c1cc(-c2ccccc2)sc1NC(=O)Cn1cc(-c2cccc(NS(C)(=O)=O)c2)nn1. The Labute approximate surface area is 212 Å². The van der Waals surface area contributed by atoms with E-state index in [1.54, 1.807) is 43.5 Å². The topological polar surface area (TPSA) is 132 Å². The summed E-state index contributed by atoms with van der Waals surface area (Å²) >= 11 is 1.28. The van der Waals surface area contributed by atoms with Crippen molar-refractivity contribution < 1.29 is 22.7 Å². The third kappa shape index (κ3) is 6.34. The molecule has 0 radical (unpaired) electrons. The summed E-state index contributed by atoms with van der Waals surface area (Å²) in [5, 5.41) is 11.3. The van der Waals surface area contributed by atoms with Crippen molar-refractivity contribution in [3.63, 3.8) is 0 Å². The Kier molecular flexibility index (Phi) is 7.46. The second-order valence-electron chi connectivity index (χ2n) is 7.74. The lowest BCUT2D eigenvalue weighted by Gasteiger charge is -2.06. The van der Waals surface area contributed by atoms with Gasteiger partial charge in [0, 0.05) is 16.1 Å². The number of esters is 1. The summed E-state index contributed by atoms with van der Waals surface area (Å²) in [4.78, 5) is 26.1. The largest absolute Gasteiger partial charge is 0.462 e. The average Bonchev–Trinajstić information content (AvgIpc) is 3.46. The summed E-state index contributed by atoms with van der Waals surface area (Å²) in [7, 11) is -3.42. The lowest BCUT2D eigenvalue weighted by molar-refractivity contribution is -0.116. The summed E-state index contributed by atoms with van der Waals surface area (Å²) in [6, 6.07) is 17.9. The van der Waals surface area contributed by atoms with Crippen LogP contribution < -0.4 is 10.0 Å². The third-order valence-electron chi connectivity index (χ3n) is 4.84. The molecule has 2 aromatic heterocycles. The van der Waals surface area contributed by atoms with Gasteiger partial charge in [0.15, 0.2) is 0 Å². The van der Waals surface area contributed by atoms with Crippen molar-refractivity contribution in [2.24, 2.45) is 0 Å². The van der Waals surface area contributed by atoms with E-state index < -0.39 is 21.9 Å². The van der Waals surface area contributed by atoms with Gasteiger partial charge in [0.05, 0.1) is 24.6 Å². The number of amides is 1. The van der Waals surface area contributed by atoms with Gasteiger partial charge in [-0.2, -0.15) is 0 Å². The zero-order valence-corrected chi connectivity index (χ0v) is 21.1. The number of nitrogens with one attached hydrogen (secondary N) is 2. The highest BCUT2D eigenvalue weighted by Crippen LogP contribution is 2.36. The highest BCUT2D eigenvalue weighted by molar-refractivity contribution is 7.92. The van der Waals surface area contributed by atoms with Crippen LogP contribution in [0.2, 0.25) is 0 Å². The number of carbonyl (C=O) groups excluding carboxylic acids is 2. The molecule has 0 saturated heterocycles. The number of benzene rings is 2. The molecule has 1 amide bonds. The molecule has 0 atom stereocenters. The van der Waals surface area contributed by atoms with Crippen LogP contribution in [0.5, 0.6) is 0 Å². The predicted octanol–water partition coefficient (Wildman–Crippen LogP) is 3.86. The molecule has 0 saturated carbocycles. The summed E-state index contributed by atoms with van der Waals surface area (Å²) < 4.78 is 31.9. The Bertz CT molecular complexity index is 1500. The van der Waals surface area contributed by atoms with Crippen molar-refractivity contribution in [1.82, 2.24) is 15.0 Å². The molecule has 2 aromatic carbocycles. The van der Waals surface area contributed by atoms with E-state index in [1.807, 2.05) is 30.3 Å². The molecular formula is C24H23N5O5S2. The Morgan fingerprint density at radius 3 is 2.53 bits per heavy atom. The van der Waals surface area contributed by atoms with E-state index in [0.717, 1.165) is 16.7 Å². The number of sulfonamides is 1. The molecule has 2 heterocycles. The minimum atomic E-state index is -3.42. The Morgan fingerprint density at radius 1 is 1.06 bits per heavy atom. The van der Waals surface area contributed by atoms with Gasteiger partial charge in [-0.15, -0.1) is 16.4 Å². The van der Waals surface area contributed by atoms with E-state index in [4.69, 9.17) is 4.74 Å². The molecular weight excluding hydrogens is 502 g/mol. The fraction of sp³-hybridized carbons (Fsp3) is 0.167. The standard InChI is InChI=1S/C24H23N5O5S2/c1-3-34-24(31)19-13-21(16-8-5-4-6-9-16)35-23(19)25-22(30)15-29-14-20(26-28-29)17-10-7-11-18(12-17)27-36(2,32)33/h4-14,27H,3,15H2,1-2H3,(H,25,30). The maximum absolute atomic E-state index is 12.8. The number of nitrogens with zero attached hydrogens (tertiary/aromatic N) is 3. The fourth-order valence-corrected chi connectivity index (χ4v) is 4.99. The summed E-state index contributed by atoms with van der Waals surface area (Å²) in [5.41, 5.74) is 2.69. The van der Waals surface area contributed by atoms with Gasteiger partial charge in [0.25, 0.3) is 0 Å². The molecule has 0 aliphatic carbocycles. The van der Waals surface area contributed by atoms with Gasteiger partial charge < -0.3 is 10.1 Å². The first kappa shape index (κ1) is 25.1. The number of thiophene rings is 1. The van der Waals surface area contributed by atoms with Crippen LogP contribution in [0.3, 0.4) is 0 Å². The van der Waals surface area contributed by atoms with Gasteiger partial charge in [-0.3, -0.25) is 9.52 Å². The minimum absolute atomic E-state index is 0.144. The number of anilines is 2. The third-order valence-corrected chi connectivity index (χ3v) is 6.55. The molecule has 36 heavy (non-hydrogen) atoms. The molecule has 0 aliphatic rings. The summed E-state index contributed by atoms with van der Waals surface area (Å²) in [5.74, 6) is -0.914. The van der Waals surface area contributed by atoms with E-state index in [-0.39, 0.29) is 18.7 Å². The zero-order chi connectivity index (χ0) is 25.7. The smallest absolute Gasteiger partial charge is 0.341 e. The van der Waals surface area contributed by atoms with Gasteiger partial charge >= 0.3 is 5.97 Å². The van der Waals surface area contributed by atoms with Crippen molar-refractivity contribution in [1.29, 1.82) is 0 Å². The van der Waals surface area contributed by atoms with Crippen LogP contribution in [0, 0.1) is 0 Å². The zero-order valence-electron chi connectivity index (χ0n) is 19.5. The molecule has 2 N–H and O–H groups in total. The van der Waals surface area contributed by atoms with E-state index in [1.165, 1.54) is 16.0 Å². The normalized spacial score (nSPS) is 11.2. The van der Waals surface area contributed by atoms with Gasteiger partial charge in [-0.05, 0) is 30.7 Å². The van der Waals surface area contributed by atoms with E-state index in [2.05, 4.69) is 20.4 Å². The number of aromatic nitrogens is 3. The number of hydrogen-bond donors (Lipinski definition) is 2. The molecule has 0 spiro atoms. The Morgan fingerprint density at radius 2 is 1.81 bits per heavy atom. The quantitative estimate of drug-likeness (QED) is 0.317. The van der Waals surface area contributed by atoms with Gasteiger partial charge in [0.1, 0.15) is 17.2 Å². The lowest BCUT2D eigenvalue weighted by Crippen LogP contribution is -2.20. The highest BCUT2D eigenvalue weighted by Gasteiger charge is 2.20. The van der Waals surface area contributed by atoms with E-state index in [9.17, 15) is 18.0 Å². The van der Waals surface area contributed by atoms with Crippen LogP contribution in [-0.2, 0) is 26.1 Å². The minimum Gasteiger partial charge on any atom is -0.462 e. The van der Waals surface area contributed by atoms with Crippen LogP contribution in [0.25, 0.3) is 21.7 Å². The van der Waals surface area contributed by atoms with Crippen LogP contribution >= 0.6 is 11.3 Å². The molecule has 0 bridgehead atoms. The molecule has 186 valence electrons. The molecule has 10 nitrogen and oxygen atoms in total. The molecule has 4 aromatic rings. The lowest BCUT2D eigenvalue weighted by atomic mass is 10.1. The van der Waals surface area contributed by atoms with E-state index in [0.29, 0.717) is 21.9 Å². The maximum Gasteiger partial charge on any atom is 0.341 e. The van der Waals surface area contributed by atoms with Crippen molar-refractivity contribution in [2.45, 2.75) is 13.5 Å². The van der Waals surface area contributed by atoms with Gasteiger partial charge in [-0.25, -0.2) is 17.9 Å². The van der Waals surface area contributed by atoms with Crippen molar-refractivity contribution in [3.05, 3.63) is 72.4 Å². The first-order valence-corrected chi connectivity index (χ1v) is 13.6. The molecule has 4 rings (SSSR count). The average molecular weight is 526 g/mol. The van der Waals surface area contributed by atoms with Crippen molar-refractivity contribution in [3.8, 4) is 21.7 Å². The number of carbonyl (C=O) groups is 2. The van der Waals surface area contributed by atoms with Crippen LogP contribution in [0.4, 0.5) is 10.7 Å².